The van der Waals surface area contributed by atoms with Crippen molar-refractivity contribution in [3.8, 4) is 11.4 Å². The minimum Gasteiger partial charge on any atom is -0.496 e. The van der Waals surface area contributed by atoms with Gasteiger partial charge in [0.15, 0.2) is 0 Å². The molecule has 0 saturated heterocycles. The van der Waals surface area contributed by atoms with Gasteiger partial charge in [-0.05, 0) is 62.7 Å². The Morgan fingerprint density at radius 3 is 2.64 bits per heavy atom. The maximum Gasteiger partial charge on any atom is 0.275 e. The Hall–Kier alpha value is -2.86. The van der Waals surface area contributed by atoms with E-state index in [2.05, 4.69) is 63.1 Å². The lowest BCUT2D eigenvalue weighted by Crippen LogP contribution is -2.18. The largest absolute Gasteiger partial charge is 0.496 e. The Morgan fingerprint density at radius 1 is 1.14 bits per heavy atom. The third kappa shape index (κ3) is 4.17. The number of carbonyl (C=O) groups is 1. The molecule has 0 unspecified atom stereocenters. The van der Waals surface area contributed by atoms with Crippen LogP contribution in [0.2, 0.25) is 0 Å². The molecule has 1 heterocycles. The van der Waals surface area contributed by atoms with Gasteiger partial charge in [-0.3, -0.25) is 4.79 Å². The maximum atomic E-state index is 12.5. The number of nitrogens with zero attached hydrogens (tertiary/aromatic N) is 2. The van der Waals surface area contributed by atoms with Crippen molar-refractivity contribution in [3.05, 3.63) is 81.1 Å². The summed E-state index contributed by atoms with van der Waals surface area (Å²) < 4.78 is 8.22. The minimum absolute atomic E-state index is 0.332. The number of hydrogen-bond donors (Lipinski definition) is 1. The van der Waals surface area contributed by atoms with Crippen LogP contribution < -0.4 is 10.2 Å². The molecule has 0 radical (unpaired) electrons. The molecule has 5 nitrogen and oxygen atoms in total. The fourth-order valence-electron chi connectivity index (χ4n) is 3.16. The lowest BCUT2D eigenvalue weighted by molar-refractivity contribution is 0.0952. The molecule has 0 bridgehead atoms. The van der Waals surface area contributed by atoms with Gasteiger partial charge in [-0.2, -0.15) is 5.10 Å². The zero-order valence-corrected chi connectivity index (χ0v) is 17.9. The number of carbonyl (C=O) groups excluding carboxylic acids is 1. The molecule has 0 spiro atoms. The van der Waals surface area contributed by atoms with Crippen LogP contribution in [-0.2, 0) is 0 Å². The highest BCUT2D eigenvalue weighted by Gasteiger charge is 2.13. The lowest BCUT2D eigenvalue weighted by Gasteiger charge is -2.10. The van der Waals surface area contributed by atoms with Gasteiger partial charge in [0.1, 0.15) is 5.75 Å². The number of benzene rings is 2. The third-order valence-electron chi connectivity index (χ3n) is 4.51. The second-order valence-corrected chi connectivity index (χ2v) is 7.46. The molecule has 3 aromatic rings. The van der Waals surface area contributed by atoms with Crippen molar-refractivity contribution < 1.29 is 9.53 Å². The standard InChI is InChI=1S/C22H22BrN3O2/c1-14-6-5-7-19(10-14)26-15(2)11-17(16(26)3)13-24-25-22(27)20-12-18(23)8-9-21(20)28-4/h5-13H,1-4H3,(H,25,27)/b24-13-. The van der Waals surface area contributed by atoms with Gasteiger partial charge in [0.2, 0.25) is 0 Å². The molecule has 0 saturated carbocycles. The predicted molar refractivity (Wildman–Crippen MR) is 116 cm³/mol. The van der Waals surface area contributed by atoms with Crippen molar-refractivity contribution in [3.63, 3.8) is 0 Å². The van der Waals surface area contributed by atoms with E-state index in [4.69, 9.17) is 4.74 Å². The van der Waals surface area contributed by atoms with Crippen LogP contribution in [0.5, 0.6) is 5.75 Å². The van der Waals surface area contributed by atoms with E-state index in [0.717, 1.165) is 27.1 Å². The van der Waals surface area contributed by atoms with Crippen molar-refractivity contribution >= 4 is 28.1 Å². The molecular weight excluding hydrogens is 418 g/mol. The summed E-state index contributed by atoms with van der Waals surface area (Å²) in [5.41, 5.74) is 8.41. The number of ether oxygens (including phenoxy) is 1. The molecule has 3 rings (SSSR count). The van der Waals surface area contributed by atoms with E-state index in [1.165, 1.54) is 12.7 Å². The van der Waals surface area contributed by atoms with Gasteiger partial charge in [-0.25, -0.2) is 5.43 Å². The number of rotatable bonds is 5. The van der Waals surface area contributed by atoms with Gasteiger partial charge in [0, 0.05) is 27.1 Å². The number of aromatic nitrogens is 1. The van der Waals surface area contributed by atoms with E-state index >= 15 is 0 Å². The molecular formula is C22H22BrN3O2. The van der Waals surface area contributed by atoms with E-state index in [1.54, 1.807) is 18.3 Å². The van der Waals surface area contributed by atoms with E-state index in [9.17, 15) is 4.79 Å². The Kier molecular flexibility index (Phi) is 5.99. The Labute approximate surface area is 173 Å². The van der Waals surface area contributed by atoms with Gasteiger partial charge < -0.3 is 9.30 Å². The van der Waals surface area contributed by atoms with E-state index in [-0.39, 0.29) is 5.91 Å². The smallest absolute Gasteiger partial charge is 0.275 e. The van der Waals surface area contributed by atoms with Crippen LogP contribution in [0, 0.1) is 20.8 Å². The topological polar surface area (TPSA) is 55.6 Å². The quantitative estimate of drug-likeness (QED) is 0.452. The molecule has 28 heavy (non-hydrogen) atoms. The number of hydrazone groups is 1. The first-order chi connectivity index (χ1) is 13.4. The summed E-state index contributed by atoms with van der Waals surface area (Å²) in [6, 6.07) is 15.6. The fourth-order valence-corrected chi connectivity index (χ4v) is 3.52. The average molecular weight is 440 g/mol. The zero-order chi connectivity index (χ0) is 20.3. The van der Waals surface area contributed by atoms with Crippen molar-refractivity contribution in [1.82, 2.24) is 9.99 Å². The van der Waals surface area contributed by atoms with Gasteiger partial charge >= 0.3 is 0 Å². The summed E-state index contributed by atoms with van der Waals surface area (Å²) >= 11 is 3.37. The maximum absolute atomic E-state index is 12.5. The number of amides is 1. The van der Waals surface area contributed by atoms with Crippen molar-refractivity contribution in [1.29, 1.82) is 0 Å². The zero-order valence-electron chi connectivity index (χ0n) is 16.3. The van der Waals surface area contributed by atoms with Crippen LogP contribution in [0.3, 0.4) is 0 Å². The first kappa shape index (κ1) is 19.9. The van der Waals surface area contributed by atoms with Gasteiger partial charge in [-0.15, -0.1) is 0 Å². The number of aryl methyl sites for hydroxylation is 2. The molecule has 0 atom stereocenters. The summed E-state index contributed by atoms with van der Waals surface area (Å²) in [5.74, 6) is 0.162. The number of nitrogens with one attached hydrogen (secondary N) is 1. The Balaban J connectivity index is 1.81. The molecule has 0 fully saturated rings. The molecule has 144 valence electrons. The molecule has 1 N–H and O–H groups in total. The van der Waals surface area contributed by atoms with Crippen molar-refractivity contribution in [2.24, 2.45) is 5.10 Å². The number of methoxy groups -OCH3 is 1. The predicted octanol–water partition coefficient (Wildman–Crippen LogP) is 4.94. The van der Waals surface area contributed by atoms with Crippen LogP contribution in [0.4, 0.5) is 0 Å². The monoisotopic (exact) mass is 439 g/mol. The lowest BCUT2D eigenvalue weighted by atomic mass is 10.2. The van der Waals surface area contributed by atoms with Crippen LogP contribution in [-0.4, -0.2) is 23.8 Å². The highest BCUT2D eigenvalue weighted by molar-refractivity contribution is 9.10. The summed E-state index contributed by atoms with van der Waals surface area (Å²) in [5, 5.41) is 4.14. The summed E-state index contributed by atoms with van der Waals surface area (Å²) in [7, 11) is 1.53. The normalized spacial score (nSPS) is 11.0. The molecule has 0 aliphatic heterocycles. The number of hydrogen-bond acceptors (Lipinski definition) is 3. The minimum atomic E-state index is -0.332. The summed E-state index contributed by atoms with van der Waals surface area (Å²) in [4.78, 5) is 12.5. The van der Waals surface area contributed by atoms with Gasteiger partial charge in [-0.1, -0.05) is 28.1 Å². The molecule has 0 aliphatic carbocycles. The van der Waals surface area contributed by atoms with E-state index in [0.29, 0.717) is 11.3 Å². The SMILES string of the molecule is COc1ccc(Br)cc1C(=O)N/N=C\c1cc(C)n(-c2cccc(C)c2)c1C. The fraction of sp³-hybridized carbons (Fsp3) is 0.182. The highest BCUT2D eigenvalue weighted by Crippen LogP contribution is 2.23. The molecule has 1 amide bonds. The van der Waals surface area contributed by atoms with Crippen molar-refractivity contribution in [2.45, 2.75) is 20.8 Å². The number of halogens is 1. The molecule has 6 heteroatoms. The Bertz CT molecular complexity index is 1050. The Morgan fingerprint density at radius 2 is 1.93 bits per heavy atom. The van der Waals surface area contributed by atoms with E-state index < -0.39 is 0 Å². The van der Waals surface area contributed by atoms with Gasteiger partial charge in [0.25, 0.3) is 5.91 Å². The van der Waals surface area contributed by atoms with Crippen molar-refractivity contribution in [2.75, 3.05) is 7.11 Å². The molecule has 0 aliphatic rings. The van der Waals surface area contributed by atoms with Crippen LogP contribution in [0.1, 0.15) is 32.9 Å². The van der Waals surface area contributed by atoms with Crippen LogP contribution in [0.15, 0.2) is 58.1 Å². The third-order valence-corrected chi connectivity index (χ3v) is 5.00. The molecule has 1 aromatic heterocycles. The first-order valence-electron chi connectivity index (χ1n) is 8.83. The average Bonchev–Trinajstić information content (AvgIpc) is 2.95. The second kappa shape index (κ2) is 8.44. The summed E-state index contributed by atoms with van der Waals surface area (Å²) in [6.45, 7) is 6.17. The van der Waals surface area contributed by atoms with E-state index in [1.807, 2.05) is 25.1 Å². The van der Waals surface area contributed by atoms with Crippen LogP contribution in [0.25, 0.3) is 5.69 Å². The van der Waals surface area contributed by atoms with Crippen LogP contribution >= 0.6 is 15.9 Å². The highest BCUT2D eigenvalue weighted by atomic mass is 79.9. The summed E-state index contributed by atoms with van der Waals surface area (Å²) in [6.07, 6.45) is 1.66. The molecule has 2 aromatic carbocycles. The van der Waals surface area contributed by atoms with Gasteiger partial charge in [0.05, 0.1) is 18.9 Å². The second-order valence-electron chi connectivity index (χ2n) is 6.54. The first-order valence-corrected chi connectivity index (χ1v) is 9.63.